The minimum Gasteiger partial charge on any atom is -0.445 e. The molecule has 0 spiro atoms. The van der Waals surface area contributed by atoms with E-state index in [-0.39, 0.29) is 25.1 Å². The smallest absolute Gasteiger partial charge is 0.304 e. The van der Waals surface area contributed by atoms with Crippen molar-refractivity contribution in [1.82, 2.24) is 10.6 Å². The first-order valence-electron chi connectivity index (χ1n) is 5.28. The number of hydrogen-bond donors (Lipinski definition) is 3. The van der Waals surface area contributed by atoms with Crippen molar-refractivity contribution >= 4 is 17.8 Å². The van der Waals surface area contributed by atoms with Crippen molar-refractivity contribution in [1.29, 1.82) is 0 Å². The number of nitrogens with two attached hydrogens (primary N) is 1. The largest absolute Gasteiger partial charge is 0.445 e. The van der Waals surface area contributed by atoms with Gasteiger partial charge in [-0.05, 0) is 5.92 Å². The second-order valence-corrected chi connectivity index (χ2v) is 3.87. The van der Waals surface area contributed by atoms with E-state index in [1.54, 1.807) is 0 Å². The van der Waals surface area contributed by atoms with Crippen LogP contribution in [0.25, 0.3) is 0 Å². The monoisotopic (exact) mass is 245 g/mol. The van der Waals surface area contributed by atoms with Crippen LogP contribution < -0.4 is 16.4 Å². The van der Waals surface area contributed by atoms with E-state index in [2.05, 4.69) is 15.4 Å². The topological polar surface area (TPSA) is 111 Å². The minimum atomic E-state index is -0.642. The fourth-order valence-electron chi connectivity index (χ4n) is 0.869. The molecule has 1 atom stereocenters. The van der Waals surface area contributed by atoms with Crippen LogP contribution in [0.15, 0.2) is 0 Å². The molecule has 0 rings (SSSR count). The maximum Gasteiger partial charge on any atom is 0.304 e. The van der Waals surface area contributed by atoms with Gasteiger partial charge in [-0.2, -0.15) is 0 Å². The summed E-state index contributed by atoms with van der Waals surface area (Å²) in [5.41, 5.74) is 5.57. The number of amides is 2. The molecule has 0 heterocycles. The average molecular weight is 245 g/mol. The molecule has 17 heavy (non-hydrogen) atoms. The Morgan fingerprint density at radius 3 is 2.29 bits per heavy atom. The summed E-state index contributed by atoms with van der Waals surface area (Å²) in [7, 11) is 0. The fraction of sp³-hybridized carbons (Fsp3) is 0.700. The molecule has 7 nitrogen and oxygen atoms in total. The Bertz CT molecular complexity index is 291. The number of carbonyl (C=O) groups excluding carboxylic acids is 3. The van der Waals surface area contributed by atoms with E-state index in [1.165, 1.54) is 6.92 Å². The summed E-state index contributed by atoms with van der Waals surface area (Å²) in [6, 6.07) is -0.642. The van der Waals surface area contributed by atoms with Gasteiger partial charge in [-0.25, -0.2) is 0 Å². The predicted molar refractivity (Wildman–Crippen MR) is 60.6 cm³/mol. The van der Waals surface area contributed by atoms with Gasteiger partial charge in [-0.3, -0.25) is 14.4 Å². The predicted octanol–water partition coefficient (Wildman–Crippen LogP) is -1.28. The van der Waals surface area contributed by atoms with Crippen LogP contribution in [0.3, 0.4) is 0 Å². The van der Waals surface area contributed by atoms with Crippen LogP contribution in [0, 0.1) is 5.92 Å². The first-order valence-corrected chi connectivity index (χ1v) is 5.28. The zero-order valence-corrected chi connectivity index (χ0v) is 10.3. The lowest BCUT2D eigenvalue weighted by Crippen LogP contribution is -2.47. The molecule has 7 heteroatoms. The number of esters is 1. The van der Waals surface area contributed by atoms with Crippen molar-refractivity contribution in [2.45, 2.75) is 26.8 Å². The zero-order valence-electron chi connectivity index (χ0n) is 10.3. The molecule has 0 aliphatic heterocycles. The van der Waals surface area contributed by atoms with Gasteiger partial charge in [0.25, 0.3) is 0 Å². The summed E-state index contributed by atoms with van der Waals surface area (Å²) >= 11 is 0. The van der Waals surface area contributed by atoms with E-state index >= 15 is 0 Å². The lowest BCUT2D eigenvalue weighted by molar-refractivity contribution is -0.143. The Labute approximate surface area is 100 Å². The van der Waals surface area contributed by atoms with Crippen LogP contribution in [0.4, 0.5) is 0 Å². The molecule has 98 valence electrons. The third-order valence-corrected chi connectivity index (χ3v) is 1.99. The highest BCUT2D eigenvalue weighted by Crippen LogP contribution is 1.97. The van der Waals surface area contributed by atoms with Gasteiger partial charge in [0.05, 0.1) is 12.6 Å². The van der Waals surface area contributed by atoms with Gasteiger partial charge in [0, 0.05) is 6.92 Å². The average Bonchev–Trinajstić information content (AvgIpc) is 2.24. The molecule has 0 aromatic carbocycles. The molecule has 0 saturated carbocycles. The van der Waals surface area contributed by atoms with Gasteiger partial charge in [-0.1, -0.05) is 13.8 Å². The van der Waals surface area contributed by atoms with Crippen molar-refractivity contribution < 1.29 is 19.1 Å². The molecule has 0 aromatic rings. The van der Waals surface area contributed by atoms with Gasteiger partial charge in [-0.15, -0.1) is 0 Å². The lowest BCUT2D eigenvalue weighted by atomic mass is 10.1. The zero-order chi connectivity index (χ0) is 13.4. The number of hydrogen-bond acceptors (Lipinski definition) is 5. The fourth-order valence-corrected chi connectivity index (χ4v) is 0.869. The third-order valence-electron chi connectivity index (χ3n) is 1.99. The van der Waals surface area contributed by atoms with Crippen LogP contribution in [-0.4, -0.2) is 37.1 Å². The van der Waals surface area contributed by atoms with Crippen LogP contribution >= 0.6 is 0 Å². The van der Waals surface area contributed by atoms with Crippen LogP contribution in [0.1, 0.15) is 20.8 Å². The normalized spacial score (nSPS) is 11.8. The molecular formula is C10H19N3O4. The SMILES string of the molecule is CC(=O)OCNC(=O)CNC(=O)[C@@H](N)C(C)C. The number of ether oxygens (including phenoxy) is 1. The molecule has 0 fully saturated rings. The van der Waals surface area contributed by atoms with Crippen molar-refractivity contribution in [3.63, 3.8) is 0 Å². The van der Waals surface area contributed by atoms with Gasteiger partial charge in [0.1, 0.15) is 0 Å². The highest BCUT2D eigenvalue weighted by molar-refractivity contribution is 5.87. The summed E-state index contributed by atoms with van der Waals surface area (Å²) in [5.74, 6) is -1.33. The van der Waals surface area contributed by atoms with Gasteiger partial charge in [0.2, 0.25) is 11.8 Å². The molecule has 0 aliphatic carbocycles. The summed E-state index contributed by atoms with van der Waals surface area (Å²) in [6.45, 7) is 4.45. The number of carbonyl (C=O) groups is 3. The van der Waals surface area contributed by atoms with Crippen LogP contribution in [0.5, 0.6) is 0 Å². The molecular weight excluding hydrogens is 226 g/mol. The third kappa shape index (κ3) is 7.29. The standard InChI is InChI=1S/C10H19N3O4/c1-6(2)9(11)10(16)12-4-8(15)13-5-17-7(3)14/h6,9H,4-5,11H2,1-3H3,(H,12,16)(H,13,15)/t9-/m0/s1. The molecule has 0 bridgehead atoms. The van der Waals surface area contributed by atoms with Crippen molar-refractivity contribution in [2.75, 3.05) is 13.3 Å². The lowest BCUT2D eigenvalue weighted by Gasteiger charge is -2.15. The Morgan fingerprint density at radius 1 is 1.24 bits per heavy atom. The Kier molecular flexibility index (Phi) is 6.88. The van der Waals surface area contributed by atoms with E-state index in [0.717, 1.165) is 0 Å². The van der Waals surface area contributed by atoms with Crippen molar-refractivity contribution in [3.8, 4) is 0 Å². The highest BCUT2D eigenvalue weighted by Gasteiger charge is 2.17. The van der Waals surface area contributed by atoms with Gasteiger partial charge < -0.3 is 21.1 Å². The second-order valence-electron chi connectivity index (χ2n) is 3.87. The molecule has 4 N–H and O–H groups in total. The summed E-state index contributed by atoms with van der Waals surface area (Å²) in [4.78, 5) is 32.9. The van der Waals surface area contributed by atoms with E-state index in [9.17, 15) is 14.4 Å². The minimum absolute atomic E-state index is 0.000826. The van der Waals surface area contributed by atoms with Crippen molar-refractivity contribution in [2.24, 2.45) is 11.7 Å². The number of rotatable bonds is 6. The van der Waals surface area contributed by atoms with Gasteiger partial charge >= 0.3 is 5.97 Å². The molecule has 0 saturated heterocycles. The quantitative estimate of drug-likeness (QED) is 0.399. The molecule has 0 radical (unpaired) electrons. The Balaban J connectivity index is 3.77. The summed E-state index contributed by atoms with van der Waals surface area (Å²) in [6.07, 6.45) is 0. The Hall–Kier alpha value is -1.63. The maximum atomic E-state index is 11.4. The first kappa shape index (κ1) is 15.4. The summed E-state index contributed by atoms with van der Waals surface area (Å²) < 4.78 is 4.50. The first-order chi connectivity index (χ1) is 7.84. The maximum absolute atomic E-state index is 11.4. The Morgan fingerprint density at radius 2 is 1.82 bits per heavy atom. The van der Waals surface area contributed by atoms with Crippen LogP contribution in [-0.2, 0) is 19.1 Å². The van der Waals surface area contributed by atoms with E-state index in [1.807, 2.05) is 13.8 Å². The highest BCUT2D eigenvalue weighted by atomic mass is 16.5. The van der Waals surface area contributed by atoms with E-state index < -0.39 is 17.9 Å². The molecule has 0 aliphatic rings. The van der Waals surface area contributed by atoms with Crippen molar-refractivity contribution in [3.05, 3.63) is 0 Å². The van der Waals surface area contributed by atoms with Gasteiger partial charge in [0.15, 0.2) is 6.73 Å². The van der Waals surface area contributed by atoms with Crippen LogP contribution in [0.2, 0.25) is 0 Å². The molecule has 0 unspecified atom stereocenters. The molecule has 2 amide bonds. The number of nitrogens with one attached hydrogen (secondary N) is 2. The van der Waals surface area contributed by atoms with E-state index in [0.29, 0.717) is 0 Å². The second kappa shape index (κ2) is 7.61. The van der Waals surface area contributed by atoms with E-state index in [4.69, 9.17) is 5.73 Å². The summed E-state index contributed by atoms with van der Waals surface area (Å²) in [5, 5.41) is 4.69. The molecule has 0 aromatic heterocycles.